The molecule has 0 aliphatic rings. The molecule has 0 bridgehead atoms. The van der Waals surface area contributed by atoms with Gasteiger partial charge in [0, 0.05) is 7.05 Å². The third-order valence-electron chi connectivity index (χ3n) is 2.25. The second kappa shape index (κ2) is 5.69. The van der Waals surface area contributed by atoms with Crippen LogP contribution in [0.3, 0.4) is 0 Å². The zero-order valence-corrected chi connectivity index (χ0v) is 14.4. The van der Waals surface area contributed by atoms with Crippen molar-refractivity contribution in [2.24, 2.45) is 7.05 Å². The van der Waals surface area contributed by atoms with E-state index in [0.29, 0.717) is 0 Å². The van der Waals surface area contributed by atoms with E-state index in [0.717, 1.165) is 4.68 Å². The van der Waals surface area contributed by atoms with Crippen molar-refractivity contribution in [3.8, 4) is 0 Å². The van der Waals surface area contributed by atoms with Gasteiger partial charge in [-0.05, 0) is 28.1 Å². The first-order valence-electron chi connectivity index (χ1n) is 4.95. The molecule has 2 rings (SSSR count). The van der Waals surface area contributed by atoms with Gasteiger partial charge in [0.15, 0.2) is 4.60 Å². The quantitative estimate of drug-likeness (QED) is 0.773. The Morgan fingerprint density at radius 1 is 1.20 bits per heavy atom. The minimum atomic E-state index is -3.93. The van der Waals surface area contributed by atoms with Gasteiger partial charge >= 0.3 is 0 Å². The van der Waals surface area contributed by atoms with E-state index >= 15 is 0 Å². The van der Waals surface area contributed by atoms with Gasteiger partial charge in [-0.1, -0.05) is 40.0 Å². The van der Waals surface area contributed by atoms with Crippen molar-refractivity contribution >= 4 is 66.4 Å². The van der Waals surface area contributed by atoms with Crippen molar-refractivity contribution in [1.82, 2.24) is 15.0 Å². The number of rotatable bonds is 3. The van der Waals surface area contributed by atoms with E-state index in [1.165, 1.54) is 19.2 Å². The molecule has 0 amide bonds. The van der Waals surface area contributed by atoms with Gasteiger partial charge in [0.1, 0.15) is 0 Å². The molecule has 0 aliphatic heterocycles. The lowest BCUT2D eigenvalue weighted by Gasteiger charge is -2.10. The van der Waals surface area contributed by atoms with Gasteiger partial charge in [0.2, 0.25) is 5.03 Å². The third kappa shape index (κ3) is 3.04. The highest BCUT2D eigenvalue weighted by Crippen LogP contribution is 2.33. The van der Waals surface area contributed by atoms with Crippen molar-refractivity contribution in [2.45, 2.75) is 5.03 Å². The van der Waals surface area contributed by atoms with Crippen LogP contribution in [0, 0.1) is 0 Å². The molecule has 0 fully saturated rings. The van der Waals surface area contributed by atoms with Crippen molar-refractivity contribution in [3.05, 3.63) is 31.8 Å². The van der Waals surface area contributed by atoms with Gasteiger partial charge in [0.25, 0.3) is 10.0 Å². The average molecular weight is 421 g/mol. The highest BCUT2D eigenvalue weighted by molar-refractivity contribution is 9.10. The summed E-state index contributed by atoms with van der Waals surface area (Å²) in [7, 11) is -2.48. The molecule has 0 unspecified atom stereocenters. The predicted octanol–water partition coefficient (Wildman–Crippen LogP) is 3.34. The maximum atomic E-state index is 12.3. The van der Waals surface area contributed by atoms with Crippen LogP contribution >= 0.6 is 50.7 Å². The summed E-state index contributed by atoms with van der Waals surface area (Å²) in [5.74, 6) is 0. The topological polar surface area (TPSA) is 76.9 Å². The monoisotopic (exact) mass is 418 g/mol. The Hall–Kier alpha value is -0.540. The number of aromatic nitrogens is 3. The summed E-state index contributed by atoms with van der Waals surface area (Å²) < 4.78 is 28.1. The summed E-state index contributed by atoms with van der Waals surface area (Å²) in [5.41, 5.74) is 0.106. The third-order valence-corrected chi connectivity index (χ3v) is 5.53. The second-order valence-corrected chi connectivity index (χ2v) is 7.23. The fourth-order valence-electron chi connectivity index (χ4n) is 1.40. The Morgan fingerprint density at radius 3 is 2.35 bits per heavy atom. The van der Waals surface area contributed by atoms with Crippen LogP contribution in [0.5, 0.6) is 0 Å². The first-order chi connectivity index (χ1) is 9.22. The fraction of sp³-hybridized carbons (Fsp3) is 0.111. The minimum absolute atomic E-state index is 0.0867. The molecule has 11 heteroatoms. The maximum Gasteiger partial charge on any atom is 0.281 e. The molecule has 1 N–H and O–H groups in total. The zero-order valence-electron chi connectivity index (χ0n) is 9.73. The number of anilines is 1. The van der Waals surface area contributed by atoms with Crippen LogP contribution in [-0.2, 0) is 17.1 Å². The lowest BCUT2D eigenvalue weighted by molar-refractivity contribution is 0.578. The van der Waals surface area contributed by atoms with Crippen LogP contribution < -0.4 is 4.72 Å². The molecule has 0 atom stereocenters. The van der Waals surface area contributed by atoms with E-state index in [1.54, 1.807) is 0 Å². The van der Waals surface area contributed by atoms with Crippen molar-refractivity contribution in [2.75, 3.05) is 4.72 Å². The van der Waals surface area contributed by atoms with Crippen LogP contribution in [0.25, 0.3) is 0 Å². The number of benzene rings is 1. The Morgan fingerprint density at radius 2 is 1.80 bits per heavy atom. The van der Waals surface area contributed by atoms with Crippen molar-refractivity contribution < 1.29 is 8.42 Å². The van der Waals surface area contributed by atoms with Crippen LogP contribution in [0.4, 0.5) is 5.69 Å². The zero-order chi connectivity index (χ0) is 15.1. The van der Waals surface area contributed by atoms with E-state index in [-0.39, 0.29) is 30.4 Å². The molecule has 0 saturated heterocycles. The summed E-state index contributed by atoms with van der Waals surface area (Å²) in [6.45, 7) is 0. The lowest BCUT2D eigenvalue weighted by Crippen LogP contribution is -2.17. The summed E-state index contributed by atoms with van der Waals surface area (Å²) in [4.78, 5) is 0. The summed E-state index contributed by atoms with van der Waals surface area (Å²) in [5, 5.41) is 7.59. The smallest absolute Gasteiger partial charge is 0.277 e. The molecule has 20 heavy (non-hydrogen) atoms. The highest BCUT2D eigenvalue weighted by Gasteiger charge is 2.25. The molecule has 1 aromatic carbocycles. The van der Waals surface area contributed by atoms with E-state index < -0.39 is 10.0 Å². The average Bonchev–Trinajstić information content (AvgIpc) is 2.66. The van der Waals surface area contributed by atoms with Gasteiger partial charge in [-0.25, -0.2) is 4.68 Å². The van der Waals surface area contributed by atoms with Gasteiger partial charge in [-0.15, -0.1) is 5.10 Å². The molecule has 1 heterocycles. The number of aryl methyl sites for hydroxylation is 1. The Bertz CT molecular complexity index is 758. The van der Waals surface area contributed by atoms with Crippen LogP contribution in [0.1, 0.15) is 0 Å². The second-order valence-electron chi connectivity index (χ2n) is 3.66. The molecule has 0 spiro atoms. The van der Waals surface area contributed by atoms with Gasteiger partial charge in [-0.3, -0.25) is 4.72 Å². The number of hydrogen-bond acceptors (Lipinski definition) is 4. The van der Waals surface area contributed by atoms with Gasteiger partial charge in [-0.2, -0.15) is 8.42 Å². The molecule has 6 nitrogen and oxygen atoms in total. The number of hydrogen-bond donors (Lipinski definition) is 1. The minimum Gasteiger partial charge on any atom is -0.277 e. The molecular weight excluding hydrogens is 414 g/mol. The molecule has 0 aliphatic carbocycles. The summed E-state index contributed by atoms with van der Waals surface area (Å²) >= 11 is 20.6. The molecule has 0 saturated carbocycles. The van der Waals surface area contributed by atoms with Gasteiger partial charge in [0.05, 0.1) is 20.8 Å². The lowest BCUT2D eigenvalue weighted by atomic mass is 10.3. The van der Waals surface area contributed by atoms with E-state index in [1.807, 2.05) is 0 Å². The van der Waals surface area contributed by atoms with Crippen molar-refractivity contribution in [1.29, 1.82) is 0 Å². The van der Waals surface area contributed by atoms with E-state index in [2.05, 4.69) is 31.0 Å². The Kier molecular flexibility index (Phi) is 4.50. The standard InChI is InChI=1S/C9H6BrCl3N4O2S/c1-17-9(8(10)14-16-17)20(18,19)15-7-3-5(12)4(11)2-6(7)13/h2-3,15H,1H3. The number of halogens is 4. The number of nitrogens with zero attached hydrogens (tertiary/aromatic N) is 3. The molecule has 1 aromatic heterocycles. The van der Waals surface area contributed by atoms with Crippen molar-refractivity contribution in [3.63, 3.8) is 0 Å². The first-order valence-corrected chi connectivity index (χ1v) is 8.36. The highest BCUT2D eigenvalue weighted by atomic mass is 79.9. The molecule has 108 valence electrons. The fourth-order valence-corrected chi connectivity index (χ4v) is 4.22. The maximum absolute atomic E-state index is 12.3. The molecule has 2 aromatic rings. The summed E-state index contributed by atoms with van der Waals surface area (Å²) in [6.07, 6.45) is 0. The number of nitrogens with one attached hydrogen (secondary N) is 1. The van der Waals surface area contributed by atoms with E-state index in [4.69, 9.17) is 34.8 Å². The van der Waals surface area contributed by atoms with Crippen LogP contribution in [0.15, 0.2) is 21.8 Å². The van der Waals surface area contributed by atoms with Gasteiger partial charge < -0.3 is 0 Å². The normalized spacial score (nSPS) is 11.7. The van der Waals surface area contributed by atoms with Crippen LogP contribution in [-0.4, -0.2) is 23.4 Å². The molecular formula is C9H6BrCl3N4O2S. The Balaban J connectivity index is 2.47. The molecule has 0 radical (unpaired) electrons. The first kappa shape index (κ1) is 15.8. The van der Waals surface area contributed by atoms with E-state index in [9.17, 15) is 8.42 Å². The number of sulfonamides is 1. The Labute approximate surface area is 138 Å². The summed E-state index contributed by atoms with van der Waals surface area (Å²) in [6, 6.07) is 2.67. The predicted molar refractivity (Wildman–Crippen MR) is 81.0 cm³/mol. The van der Waals surface area contributed by atoms with Crippen LogP contribution in [0.2, 0.25) is 15.1 Å². The largest absolute Gasteiger partial charge is 0.281 e. The SMILES string of the molecule is Cn1nnc(Br)c1S(=O)(=O)Nc1cc(Cl)c(Cl)cc1Cl.